The summed E-state index contributed by atoms with van der Waals surface area (Å²) < 4.78 is 0. The fourth-order valence-electron chi connectivity index (χ4n) is 2.56. The van der Waals surface area contributed by atoms with E-state index in [4.69, 9.17) is 5.73 Å². The van der Waals surface area contributed by atoms with Gasteiger partial charge in [0.15, 0.2) is 0 Å². The first-order valence-corrected chi connectivity index (χ1v) is 6.23. The van der Waals surface area contributed by atoms with Gasteiger partial charge in [0.2, 0.25) is 0 Å². The molecule has 16 heavy (non-hydrogen) atoms. The van der Waals surface area contributed by atoms with Crippen LogP contribution >= 0.6 is 0 Å². The van der Waals surface area contributed by atoms with Crippen LogP contribution in [-0.4, -0.2) is 0 Å². The lowest BCUT2D eigenvalue weighted by Gasteiger charge is -2.36. The van der Waals surface area contributed by atoms with E-state index in [-0.39, 0.29) is 5.54 Å². The van der Waals surface area contributed by atoms with Gasteiger partial charge in [0.25, 0.3) is 0 Å². The molecule has 0 aromatic heterocycles. The van der Waals surface area contributed by atoms with Crippen LogP contribution in [0.2, 0.25) is 0 Å². The molecular formula is C15H21N. The Bertz CT molecular complexity index is 394. The summed E-state index contributed by atoms with van der Waals surface area (Å²) in [5, 5.41) is 0. The molecule has 1 heteroatoms. The Hall–Kier alpha value is -1.08. The predicted octanol–water partition coefficient (Wildman–Crippen LogP) is 3.53. The van der Waals surface area contributed by atoms with Gasteiger partial charge >= 0.3 is 0 Å². The fourth-order valence-corrected chi connectivity index (χ4v) is 2.56. The van der Waals surface area contributed by atoms with Crippen molar-refractivity contribution in [2.75, 3.05) is 0 Å². The largest absolute Gasteiger partial charge is 0.318 e. The Morgan fingerprint density at radius 2 is 2.19 bits per heavy atom. The van der Waals surface area contributed by atoms with Crippen molar-refractivity contribution in [1.29, 1.82) is 0 Å². The van der Waals surface area contributed by atoms with Crippen molar-refractivity contribution in [3.05, 3.63) is 47.5 Å². The molecule has 2 rings (SSSR count). The minimum atomic E-state index is -0.274. The molecule has 1 unspecified atom stereocenters. The van der Waals surface area contributed by atoms with Crippen molar-refractivity contribution in [3.63, 3.8) is 0 Å². The van der Waals surface area contributed by atoms with E-state index in [0.29, 0.717) is 0 Å². The zero-order chi connectivity index (χ0) is 11.6. The summed E-state index contributed by atoms with van der Waals surface area (Å²) in [6, 6.07) is 8.68. The summed E-state index contributed by atoms with van der Waals surface area (Å²) >= 11 is 0. The van der Waals surface area contributed by atoms with Gasteiger partial charge in [-0.05, 0) is 36.8 Å². The number of hydrogen-bond acceptors (Lipinski definition) is 1. The average molecular weight is 215 g/mol. The van der Waals surface area contributed by atoms with Gasteiger partial charge in [0, 0.05) is 0 Å². The highest BCUT2D eigenvalue weighted by Gasteiger charge is 2.32. The lowest BCUT2D eigenvalue weighted by Crippen LogP contribution is -2.40. The van der Waals surface area contributed by atoms with E-state index in [1.54, 1.807) is 0 Å². The van der Waals surface area contributed by atoms with E-state index >= 15 is 0 Å². The van der Waals surface area contributed by atoms with Crippen molar-refractivity contribution in [1.82, 2.24) is 0 Å². The van der Waals surface area contributed by atoms with Gasteiger partial charge in [-0.3, -0.25) is 0 Å². The van der Waals surface area contributed by atoms with Crippen LogP contribution in [0, 0.1) is 0 Å². The van der Waals surface area contributed by atoms with Gasteiger partial charge in [-0.1, -0.05) is 49.8 Å². The first-order chi connectivity index (χ1) is 7.66. The molecule has 1 aliphatic carbocycles. The summed E-state index contributed by atoms with van der Waals surface area (Å²) in [6.45, 7) is 6.35. The Morgan fingerprint density at radius 3 is 2.88 bits per heavy atom. The molecule has 1 saturated carbocycles. The lowest BCUT2D eigenvalue weighted by molar-refractivity contribution is 0.396. The molecule has 0 heterocycles. The molecule has 1 nitrogen and oxygen atoms in total. The molecule has 0 amide bonds. The van der Waals surface area contributed by atoms with Gasteiger partial charge < -0.3 is 5.73 Å². The van der Waals surface area contributed by atoms with E-state index in [2.05, 4.69) is 37.8 Å². The molecule has 0 bridgehead atoms. The van der Waals surface area contributed by atoms with E-state index in [0.717, 1.165) is 19.3 Å². The molecule has 0 aliphatic heterocycles. The number of hydrogen-bond donors (Lipinski definition) is 1. The zero-order valence-electron chi connectivity index (χ0n) is 10.1. The Balaban J connectivity index is 2.37. The summed E-state index contributed by atoms with van der Waals surface area (Å²) in [7, 11) is 0. The molecule has 1 fully saturated rings. The van der Waals surface area contributed by atoms with Crippen LogP contribution in [-0.2, 0) is 12.0 Å². The molecule has 1 aromatic carbocycles. The van der Waals surface area contributed by atoms with Crippen LogP contribution in [0.25, 0.3) is 0 Å². The second kappa shape index (κ2) is 4.42. The minimum Gasteiger partial charge on any atom is -0.318 e. The van der Waals surface area contributed by atoms with E-state index in [9.17, 15) is 0 Å². The molecule has 1 aliphatic rings. The molecular weight excluding hydrogens is 194 g/mol. The first-order valence-electron chi connectivity index (χ1n) is 6.23. The van der Waals surface area contributed by atoms with Crippen molar-refractivity contribution >= 4 is 0 Å². The normalized spacial score (nSPS) is 25.8. The molecule has 0 radical (unpaired) electrons. The topological polar surface area (TPSA) is 26.0 Å². The third-order valence-corrected chi connectivity index (χ3v) is 3.78. The van der Waals surface area contributed by atoms with E-state index < -0.39 is 0 Å². The number of nitrogens with two attached hydrogens (primary N) is 1. The van der Waals surface area contributed by atoms with Gasteiger partial charge in [-0.15, -0.1) is 0 Å². The van der Waals surface area contributed by atoms with E-state index in [1.807, 2.05) is 0 Å². The molecule has 1 aromatic rings. The Morgan fingerprint density at radius 1 is 1.38 bits per heavy atom. The highest BCUT2D eigenvalue weighted by Crippen LogP contribution is 2.38. The molecule has 0 spiro atoms. The quantitative estimate of drug-likeness (QED) is 0.750. The highest BCUT2D eigenvalue weighted by atomic mass is 14.8. The van der Waals surface area contributed by atoms with Crippen LogP contribution in [0.3, 0.4) is 0 Å². The minimum absolute atomic E-state index is 0.274. The second-order valence-corrected chi connectivity index (χ2v) is 4.84. The zero-order valence-corrected chi connectivity index (χ0v) is 10.1. The van der Waals surface area contributed by atoms with Crippen LogP contribution in [0.1, 0.15) is 43.7 Å². The van der Waals surface area contributed by atoms with Crippen molar-refractivity contribution < 1.29 is 0 Å². The van der Waals surface area contributed by atoms with Gasteiger partial charge in [0.1, 0.15) is 0 Å². The van der Waals surface area contributed by atoms with Crippen molar-refractivity contribution in [2.45, 2.75) is 44.6 Å². The van der Waals surface area contributed by atoms with Crippen molar-refractivity contribution in [2.24, 2.45) is 5.73 Å². The predicted molar refractivity (Wildman–Crippen MR) is 69.3 cm³/mol. The molecule has 86 valence electrons. The maximum Gasteiger partial charge on any atom is 0.0622 e. The first kappa shape index (κ1) is 11.4. The number of benzene rings is 1. The maximum atomic E-state index is 6.55. The highest BCUT2D eigenvalue weighted by molar-refractivity contribution is 5.37. The van der Waals surface area contributed by atoms with Crippen LogP contribution < -0.4 is 5.73 Å². The van der Waals surface area contributed by atoms with Gasteiger partial charge in [-0.25, -0.2) is 0 Å². The number of rotatable bonds is 2. The monoisotopic (exact) mass is 215 g/mol. The molecule has 1 atom stereocenters. The fraction of sp³-hybridized carbons (Fsp3) is 0.467. The SMILES string of the molecule is C=C1CCCCC1(N)c1cccc(CC)c1. The summed E-state index contributed by atoms with van der Waals surface area (Å²) in [4.78, 5) is 0. The average Bonchev–Trinajstić information content (AvgIpc) is 2.33. The van der Waals surface area contributed by atoms with Crippen LogP contribution in [0.5, 0.6) is 0 Å². The summed E-state index contributed by atoms with van der Waals surface area (Å²) in [6.07, 6.45) is 5.64. The van der Waals surface area contributed by atoms with Gasteiger partial charge in [-0.2, -0.15) is 0 Å². The standard InChI is InChI=1S/C15H21N/c1-3-13-8-6-9-14(11-13)15(16)10-5-4-7-12(15)2/h6,8-9,11H,2-5,7,10,16H2,1H3. The smallest absolute Gasteiger partial charge is 0.0622 e. The van der Waals surface area contributed by atoms with Gasteiger partial charge in [0.05, 0.1) is 5.54 Å². The van der Waals surface area contributed by atoms with Crippen LogP contribution in [0.15, 0.2) is 36.4 Å². The summed E-state index contributed by atoms with van der Waals surface area (Å²) in [5.41, 5.74) is 10.1. The third kappa shape index (κ3) is 1.92. The van der Waals surface area contributed by atoms with E-state index in [1.165, 1.54) is 29.5 Å². The van der Waals surface area contributed by atoms with Crippen LogP contribution in [0.4, 0.5) is 0 Å². The Labute approximate surface area is 98.4 Å². The second-order valence-electron chi connectivity index (χ2n) is 4.84. The Kier molecular flexibility index (Phi) is 3.15. The third-order valence-electron chi connectivity index (χ3n) is 3.78. The molecule has 0 saturated heterocycles. The molecule has 2 N–H and O–H groups in total. The lowest BCUT2D eigenvalue weighted by atomic mass is 9.74. The maximum absolute atomic E-state index is 6.55. The summed E-state index contributed by atoms with van der Waals surface area (Å²) in [5.74, 6) is 0. The number of aryl methyl sites for hydroxylation is 1. The van der Waals surface area contributed by atoms with Crippen molar-refractivity contribution in [3.8, 4) is 0 Å².